The van der Waals surface area contributed by atoms with Gasteiger partial charge in [-0.2, -0.15) is 0 Å². The molecule has 0 bridgehead atoms. The van der Waals surface area contributed by atoms with Crippen molar-refractivity contribution in [1.29, 1.82) is 0 Å². The first-order chi connectivity index (χ1) is 17.3. The van der Waals surface area contributed by atoms with Gasteiger partial charge in [-0.25, -0.2) is 9.19 Å². The zero-order valence-electron chi connectivity index (χ0n) is 20.1. The van der Waals surface area contributed by atoms with E-state index in [4.69, 9.17) is 0 Å². The number of rotatable bonds is 9. The smallest absolute Gasteiger partial charge is 0.253 e. The van der Waals surface area contributed by atoms with E-state index < -0.39 is 16.9 Å². The number of benzene rings is 1. The van der Waals surface area contributed by atoms with E-state index in [9.17, 15) is 13.8 Å². The normalized spacial score (nSPS) is 11.9. The predicted molar refractivity (Wildman–Crippen MR) is 143 cm³/mol. The number of carbonyl (C=O) groups excluding carboxylic acids is 2. The molecule has 9 nitrogen and oxygen atoms in total. The molecule has 11 heteroatoms. The van der Waals surface area contributed by atoms with Crippen LogP contribution in [0.3, 0.4) is 0 Å². The fourth-order valence-corrected chi connectivity index (χ4v) is 4.72. The molecule has 3 heterocycles. The van der Waals surface area contributed by atoms with Gasteiger partial charge in [0.1, 0.15) is 11.0 Å². The second-order valence-electron chi connectivity index (χ2n) is 8.31. The Morgan fingerprint density at radius 2 is 1.89 bits per heavy atom. The monoisotopic (exact) mass is 522 g/mol. The van der Waals surface area contributed by atoms with Crippen molar-refractivity contribution < 1.29 is 13.8 Å². The lowest BCUT2D eigenvalue weighted by Gasteiger charge is -2.10. The first-order valence-corrected chi connectivity index (χ1v) is 13.4. The quantitative estimate of drug-likeness (QED) is 0.349. The van der Waals surface area contributed by atoms with Crippen LogP contribution >= 0.6 is 11.3 Å². The number of carbonyl (C=O) groups is 2. The van der Waals surface area contributed by atoms with Crippen molar-refractivity contribution >= 4 is 39.3 Å². The van der Waals surface area contributed by atoms with Crippen LogP contribution in [0.2, 0.25) is 0 Å². The standard InChI is InChI=1S/C25H26N6O3S2/c1-30(2)15-21-12-18(7-9-26-21)17-5-4-6-19(11-17)22-16-35-25(28-22)29-23(32)13-27-24(33)20-8-10-31(14-20)36(3)34/h4-12,14,16H,13,15H2,1-3H3,(H,27,33)(H,28,29,32). The molecule has 3 aromatic heterocycles. The average molecular weight is 523 g/mol. The molecule has 0 aliphatic heterocycles. The van der Waals surface area contributed by atoms with Crippen LogP contribution in [-0.4, -0.2) is 61.8 Å². The van der Waals surface area contributed by atoms with E-state index in [0.717, 1.165) is 34.6 Å². The molecule has 186 valence electrons. The van der Waals surface area contributed by atoms with Crippen LogP contribution in [0.5, 0.6) is 0 Å². The van der Waals surface area contributed by atoms with Gasteiger partial charge in [0.25, 0.3) is 5.91 Å². The van der Waals surface area contributed by atoms with Crippen LogP contribution in [0.4, 0.5) is 5.13 Å². The van der Waals surface area contributed by atoms with Crippen LogP contribution in [-0.2, 0) is 22.3 Å². The summed E-state index contributed by atoms with van der Waals surface area (Å²) in [6, 6.07) is 13.7. The Hall–Kier alpha value is -3.67. The Bertz CT molecular complexity index is 1410. The first-order valence-electron chi connectivity index (χ1n) is 11.0. The molecule has 1 unspecified atom stereocenters. The molecule has 1 aromatic carbocycles. The van der Waals surface area contributed by atoms with Crippen molar-refractivity contribution in [3.8, 4) is 22.4 Å². The van der Waals surface area contributed by atoms with Crippen molar-refractivity contribution in [3.63, 3.8) is 0 Å². The van der Waals surface area contributed by atoms with Gasteiger partial charge >= 0.3 is 0 Å². The molecule has 1 atom stereocenters. The largest absolute Gasteiger partial charge is 0.343 e. The van der Waals surface area contributed by atoms with Gasteiger partial charge in [0.05, 0.1) is 23.5 Å². The third kappa shape index (κ3) is 6.51. The lowest BCUT2D eigenvalue weighted by Crippen LogP contribution is -2.32. The third-order valence-corrected chi connectivity index (χ3v) is 6.75. The van der Waals surface area contributed by atoms with Crippen LogP contribution < -0.4 is 10.6 Å². The fourth-order valence-electron chi connectivity index (χ4n) is 3.49. The summed E-state index contributed by atoms with van der Waals surface area (Å²) in [5.41, 5.74) is 5.13. The first kappa shape index (κ1) is 25.4. The second kappa shape index (κ2) is 11.4. The topological polar surface area (TPSA) is 109 Å². The number of hydrogen-bond donors (Lipinski definition) is 2. The Balaban J connectivity index is 1.38. The molecule has 0 fully saturated rings. The van der Waals surface area contributed by atoms with Crippen molar-refractivity contribution in [2.24, 2.45) is 0 Å². The molecule has 0 spiro atoms. The average Bonchev–Trinajstić information content (AvgIpc) is 3.53. The van der Waals surface area contributed by atoms with Gasteiger partial charge in [0, 0.05) is 42.3 Å². The van der Waals surface area contributed by atoms with Crippen molar-refractivity contribution in [1.82, 2.24) is 24.2 Å². The maximum atomic E-state index is 12.3. The van der Waals surface area contributed by atoms with Crippen molar-refractivity contribution in [2.75, 3.05) is 32.2 Å². The molecule has 0 saturated heterocycles. The maximum absolute atomic E-state index is 12.3. The van der Waals surface area contributed by atoms with E-state index in [1.165, 1.54) is 27.8 Å². The molecule has 4 rings (SSSR count). The molecule has 2 N–H and O–H groups in total. The number of hydrogen-bond acceptors (Lipinski definition) is 7. The molecule has 0 saturated carbocycles. The van der Waals surface area contributed by atoms with E-state index in [2.05, 4.69) is 37.6 Å². The summed E-state index contributed by atoms with van der Waals surface area (Å²) >= 11 is 1.31. The highest BCUT2D eigenvalue weighted by molar-refractivity contribution is 7.82. The van der Waals surface area contributed by atoms with E-state index in [0.29, 0.717) is 10.7 Å². The van der Waals surface area contributed by atoms with Crippen molar-refractivity contribution in [3.05, 3.63) is 77.7 Å². The highest BCUT2D eigenvalue weighted by atomic mass is 32.2. The summed E-state index contributed by atoms with van der Waals surface area (Å²) in [7, 11) is 2.77. The summed E-state index contributed by atoms with van der Waals surface area (Å²) in [5, 5.41) is 7.60. The number of pyridine rings is 1. The van der Waals surface area contributed by atoms with Gasteiger partial charge in [-0.05, 0) is 49.5 Å². The van der Waals surface area contributed by atoms with E-state index in [1.54, 1.807) is 12.3 Å². The summed E-state index contributed by atoms with van der Waals surface area (Å²) in [4.78, 5) is 35.6. The predicted octanol–water partition coefficient (Wildman–Crippen LogP) is 3.25. The van der Waals surface area contributed by atoms with Crippen LogP contribution in [0.1, 0.15) is 16.1 Å². The number of nitrogens with one attached hydrogen (secondary N) is 2. The van der Waals surface area contributed by atoms with E-state index in [1.807, 2.05) is 49.9 Å². The van der Waals surface area contributed by atoms with Crippen LogP contribution in [0, 0.1) is 0 Å². The van der Waals surface area contributed by atoms with Crippen molar-refractivity contribution in [2.45, 2.75) is 6.54 Å². The summed E-state index contributed by atoms with van der Waals surface area (Å²) in [6.07, 6.45) is 6.35. The van der Waals surface area contributed by atoms with Gasteiger partial charge in [-0.3, -0.25) is 18.5 Å². The number of nitrogens with zero attached hydrogens (tertiary/aromatic N) is 4. The molecule has 2 amide bonds. The summed E-state index contributed by atoms with van der Waals surface area (Å²) in [5.74, 6) is -0.808. The molecule has 4 aromatic rings. The maximum Gasteiger partial charge on any atom is 0.253 e. The second-order valence-corrected chi connectivity index (χ2v) is 10.4. The minimum atomic E-state index is -1.25. The van der Waals surface area contributed by atoms with E-state index in [-0.39, 0.29) is 12.5 Å². The minimum Gasteiger partial charge on any atom is -0.343 e. The zero-order valence-corrected chi connectivity index (χ0v) is 21.7. The Labute approximate surface area is 215 Å². The fraction of sp³-hybridized carbons (Fsp3) is 0.200. The van der Waals surface area contributed by atoms with Gasteiger partial charge < -0.3 is 15.5 Å². The SMILES string of the molecule is CN(C)Cc1cc(-c2cccc(-c3csc(NC(=O)CNC(=O)c4ccn(S(C)=O)c4)n3)c2)ccn1. The van der Waals surface area contributed by atoms with Gasteiger partial charge in [-0.15, -0.1) is 11.3 Å². The molecular formula is C25H26N6O3S2. The van der Waals surface area contributed by atoms with Crippen LogP contribution in [0.25, 0.3) is 22.4 Å². The lowest BCUT2D eigenvalue weighted by atomic mass is 10.0. The van der Waals surface area contributed by atoms with Gasteiger partial charge in [0.15, 0.2) is 5.13 Å². The molecule has 0 radical (unpaired) electrons. The third-order valence-electron chi connectivity index (χ3n) is 5.17. The number of aromatic nitrogens is 3. The number of thiazole rings is 1. The van der Waals surface area contributed by atoms with Gasteiger partial charge in [-0.1, -0.05) is 18.2 Å². The molecule has 0 aliphatic carbocycles. The number of anilines is 1. The van der Waals surface area contributed by atoms with Crippen LogP contribution in [0.15, 0.2) is 66.4 Å². The zero-order chi connectivity index (χ0) is 25.7. The highest BCUT2D eigenvalue weighted by Crippen LogP contribution is 2.29. The Morgan fingerprint density at radius 1 is 1.11 bits per heavy atom. The summed E-state index contributed by atoms with van der Waals surface area (Å²) < 4.78 is 12.9. The number of amides is 2. The Kier molecular flexibility index (Phi) is 8.04. The van der Waals surface area contributed by atoms with E-state index >= 15 is 0 Å². The molecule has 0 aliphatic rings. The minimum absolute atomic E-state index is 0.207. The molecular weight excluding hydrogens is 496 g/mol. The summed E-state index contributed by atoms with van der Waals surface area (Å²) in [6.45, 7) is 0.552. The molecule has 36 heavy (non-hydrogen) atoms. The van der Waals surface area contributed by atoms with Gasteiger partial charge in [0.2, 0.25) is 5.91 Å². The highest BCUT2D eigenvalue weighted by Gasteiger charge is 2.13. The Morgan fingerprint density at radius 3 is 2.64 bits per heavy atom. The lowest BCUT2D eigenvalue weighted by molar-refractivity contribution is -0.115.